The highest BCUT2D eigenvalue weighted by Crippen LogP contribution is 2.19. The minimum absolute atomic E-state index is 0.0170. The van der Waals surface area contributed by atoms with Crippen LogP contribution in [0.2, 0.25) is 0 Å². The van der Waals surface area contributed by atoms with E-state index in [1.165, 1.54) is 0 Å². The SMILES string of the molecule is NCc1ccc(CS(=O)(=O)NC2CCC(O)CC2)cc1. The van der Waals surface area contributed by atoms with Crippen LogP contribution in [-0.2, 0) is 22.3 Å². The summed E-state index contributed by atoms with van der Waals surface area (Å²) in [6, 6.07) is 7.24. The number of aliphatic hydroxyl groups excluding tert-OH is 1. The summed E-state index contributed by atoms with van der Waals surface area (Å²) in [4.78, 5) is 0. The van der Waals surface area contributed by atoms with Crippen LogP contribution in [0.4, 0.5) is 0 Å². The van der Waals surface area contributed by atoms with E-state index in [9.17, 15) is 13.5 Å². The summed E-state index contributed by atoms with van der Waals surface area (Å²) in [5, 5.41) is 9.42. The van der Waals surface area contributed by atoms with Gasteiger partial charge in [0.1, 0.15) is 0 Å². The van der Waals surface area contributed by atoms with Crippen molar-refractivity contribution in [2.24, 2.45) is 5.73 Å². The van der Waals surface area contributed by atoms with Gasteiger partial charge in [0.2, 0.25) is 10.0 Å². The molecule has 1 saturated carbocycles. The fourth-order valence-electron chi connectivity index (χ4n) is 2.48. The van der Waals surface area contributed by atoms with Crippen LogP contribution in [0.5, 0.6) is 0 Å². The third kappa shape index (κ3) is 4.56. The Bertz CT molecular complexity index is 520. The van der Waals surface area contributed by atoms with Gasteiger partial charge in [-0.05, 0) is 36.8 Å². The highest BCUT2D eigenvalue weighted by atomic mass is 32.2. The van der Waals surface area contributed by atoms with Gasteiger partial charge in [-0.2, -0.15) is 0 Å². The Morgan fingerprint density at radius 2 is 1.65 bits per heavy atom. The van der Waals surface area contributed by atoms with E-state index < -0.39 is 10.0 Å². The van der Waals surface area contributed by atoms with Crippen LogP contribution in [0.3, 0.4) is 0 Å². The Labute approximate surface area is 120 Å². The van der Waals surface area contributed by atoms with E-state index in [-0.39, 0.29) is 17.9 Å². The number of hydrogen-bond donors (Lipinski definition) is 3. The molecule has 0 aromatic heterocycles. The molecule has 112 valence electrons. The largest absolute Gasteiger partial charge is 0.393 e. The van der Waals surface area contributed by atoms with Crippen molar-refractivity contribution in [2.75, 3.05) is 0 Å². The van der Waals surface area contributed by atoms with Crippen molar-refractivity contribution in [3.63, 3.8) is 0 Å². The summed E-state index contributed by atoms with van der Waals surface area (Å²) in [5.74, 6) is -0.0170. The predicted octanol–water partition coefficient (Wildman–Crippen LogP) is 0.868. The lowest BCUT2D eigenvalue weighted by Crippen LogP contribution is -2.39. The third-order valence-corrected chi connectivity index (χ3v) is 5.06. The molecule has 0 radical (unpaired) electrons. The molecule has 4 N–H and O–H groups in total. The summed E-state index contributed by atoms with van der Waals surface area (Å²) in [6.07, 6.45) is 2.45. The molecule has 0 aliphatic heterocycles. The van der Waals surface area contributed by atoms with Crippen molar-refractivity contribution in [1.82, 2.24) is 4.72 Å². The Kier molecular flexibility index (Phi) is 5.15. The second kappa shape index (κ2) is 6.67. The maximum Gasteiger partial charge on any atom is 0.216 e. The van der Waals surface area contributed by atoms with Crippen LogP contribution in [0, 0.1) is 0 Å². The van der Waals surface area contributed by atoms with Gasteiger partial charge in [0, 0.05) is 12.6 Å². The molecule has 0 heterocycles. The Balaban J connectivity index is 1.92. The van der Waals surface area contributed by atoms with Gasteiger partial charge in [-0.15, -0.1) is 0 Å². The second-order valence-corrected chi connectivity index (χ2v) is 7.16. The first kappa shape index (κ1) is 15.4. The maximum atomic E-state index is 12.1. The molecule has 20 heavy (non-hydrogen) atoms. The van der Waals surface area contributed by atoms with Gasteiger partial charge in [0.25, 0.3) is 0 Å². The van der Waals surface area contributed by atoms with Gasteiger partial charge >= 0.3 is 0 Å². The molecule has 0 unspecified atom stereocenters. The first-order chi connectivity index (χ1) is 9.48. The van der Waals surface area contributed by atoms with Gasteiger partial charge in [0.15, 0.2) is 0 Å². The summed E-state index contributed by atoms with van der Waals surface area (Å²) < 4.78 is 26.9. The van der Waals surface area contributed by atoms with Crippen LogP contribution in [0.1, 0.15) is 36.8 Å². The van der Waals surface area contributed by atoms with Gasteiger partial charge in [-0.3, -0.25) is 0 Å². The van der Waals surface area contributed by atoms with Crippen molar-refractivity contribution in [3.8, 4) is 0 Å². The van der Waals surface area contributed by atoms with E-state index in [0.29, 0.717) is 32.2 Å². The van der Waals surface area contributed by atoms with Crippen LogP contribution < -0.4 is 10.5 Å². The van der Waals surface area contributed by atoms with Crippen LogP contribution in [0.25, 0.3) is 0 Å². The number of nitrogens with two attached hydrogens (primary N) is 1. The molecule has 1 fully saturated rings. The van der Waals surface area contributed by atoms with E-state index in [1.807, 2.05) is 12.1 Å². The van der Waals surface area contributed by atoms with Crippen molar-refractivity contribution < 1.29 is 13.5 Å². The van der Waals surface area contributed by atoms with Crippen LogP contribution in [-0.4, -0.2) is 25.7 Å². The standard InChI is InChI=1S/C14H22N2O3S/c15-9-11-1-3-12(4-2-11)10-20(18,19)16-13-5-7-14(17)8-6-13/h1-4,13-14,16-17H,5-10,15H2. The summed E-state index contributed by atoms with van der Waals surface area (Å²) in [6.45, 7) is 0.454. The molecule has 2 rings (SSSR count). The van der Waals surface area contributed by atoms with Crippen molar-refractivity contribution in [2.45, 2.75) is 50.1 Å². The zero-order valence-electron chi connectivity index (χ0n) is 11.5. The van der Waals surface area contributed by atoms with Crippen molar-refractivity contribution in [1.29, 1.82) is 0 Å². The zero-order valence-corrected chi connectivity index (χ0v) is 12.3. The number of nitrogens with one attached hydrogen (secondary N) is 1. The lowest BCUT2D eigenvalue weighted by Gasteiger charge is -2.26. The highest BCUT2D eigenvalue weighted by molar-refractivity contribution is 7.88. The summed E-state index contributed by atoms with van der Waals surface area (Å²) >= 11 is 0. The topological polar surface area (TPSA) is 92.4 Å². The normalized spacial score (nSPS) is 23.7. The first-order valence-electron chi connectivity index (χ1n) is 6.94. The molecule has 0 bridgehead atoms. The predicted molar refractivity (Wildman–Crippen MR) is 78.4 cm³/mol. The molecular weight excluding hydrogens is 276 g/mol. The smallest absolute Gasteiger partial charge is 0.216 e. The molecule has 0 amide bonds. The molecule has 5 nitrogen and oxygen atoms in total. The van der Waals surface area contributed by atoms with Crippen LogP contribution in [0.15, 0.2) is 24.3 Å². The molecule has 1 aromatic carbocycles. The molecule has 1 aliphatic carbocycles. The molecule has 0 saturated heterocycles. The number of aliphatic hydroxyl groups is 1. The minimum Gasteiger partial charge on any atom is -0.393 e. The molecular formula is C14H22N2O3S. The van der Waals surface area contributed by atoms with E-state index in [4.69, 9.17) is 5.73 Å². The molecule has 1 aliphatic rings. The fraction of sp³-hybridized carbons (Fsp3) is 0.571. The van der Waals surface area contributed by atoms with Crippen molar-refractivity contribution in [3.05, 3.63) is 35.4 Å². The minimum atomic E-state index is -3.33. The summed E-state index contributed by atoms with van der Waals surface area (Å²) in [7, 11) is -3.33. The second-order valence-electron chi connectivity index (χ2n) is 5.40. The highest BCUT2D eigenvalue weighted by Gasteiger charge is 2.23. The van der Waals surface area contributed by atoms with Crippen LogP contribution >= 0.6 is 0 Å². The number of benzene rings is 1. The monoisotopic (exact) mass is 298 g/mol. The Hall–Kier alpha value is -0.950. The quantitative estimate of drug-likeness (QED) is 0.752. The van der Waals surface area contributed by atoms with Gasteiger partial charge < -0.3 is 10.8 Å². The first-order valence-corrected chi connectivity index (χ1v) is 8.59. The number of hydrogen-bond acceptors (Lipinski definition) is 4. The van der Waals surface area contributed by atoms with Gasteiger partial charge in [-0.1, -0.05) is 24.3 Å². The molecule has 0 atom stereocenters. The number of sulfonamides is 1. The molecule has 0 spiro atoms. The van der Waals surface area contributed by atoms with E-state index in [0.717, 1.165) is 11.1 Å². The Morgan fingerprint density at radius 1 is 1.10 bits per heavy atom. The van der Waals surface area contributed by atoms with Gasteiger partial charge in [-0.25, -0.2) is 13.1 Å². The lowest BCUT2D eigenvalue weighted by molar-refractivity contribution is 0.120. The maximum absolute atomic E-state index is 12.1. The Morgan fingerprint density at radius 3 is 2.20 bits per heavy atom. The average molecular weight is 298 g/mol. The van der Waals surface area contributed by atoms with E-state index >= 15 is 0 Å². The fourth-order valence-corrected chi connectivity index (χ4v) is 3.94. The van der Waals surface area contributed by atoms with Gasteiger partial charge in [0.05, 0.1) is 11.9 Å². The van der Waals surface area contributed by atoms with E-state index in [1.54, 1.807) is 12.1 Å². The van der Waals surface area contributed by atoms with E-state index in [2.05, 4.69) is 4.72 Å². The number of rotatable bonds is 5. The summed E-state index contributed by atoms with van der Waals surface area (Å²) in [5.41, 5.74) is 7.25. The van der Waals surface area contributed by atoms with Crippen molar-refractivity contribution >= 4 is 10.0 Å². The lowest BCUT2D eigenvalue weighted by atomic mass is 9.94. The molecule has 1 aromatic rings. The average Bonchev–Trinajstić information content (AvgIpc) is 2.41. The third-order valence-electron chi connectivity index (χ3n) is 3.66. The zero-order chi connectivity index (χ0) is 14.6. The molecule has 6 heteroatoms.